The molecule has 0 unspecified atom stereocenters. The number of aryl methyl sites for hydroxylation is 1. The Bertz CT molecular complexity index is 1040. The summed E-state index contributed by atoms with van der Waals surface area (Å²) in [5.41, 5.74) is 2.36. The maximum absolute atomic E-state index is 13.1. The Hall–Kier alpha value is -2.29. The number of para-hydroxylation sites is 1. The third-order valence-corrected chi connectivity index (χ3v) is 6.62. The topological polar surface area (TPSA) is 77.3 Å². The summed E-state index contributed by atoms with van der Waals surface area (Å²) in [5.74, 6) is -0.0672. The predicted octanol–water partition coefficient (Wildman–Crippen LogP) is 2.35. The Kier molecular flexibility index (Phi) is 4.94. The van der Waals surface area contributed by atoms with Gasteiger partial charge in [0.15, 0.2) is 0 Å². The van der Waals surface area contributed by atoms with Crippen molar-refractivity contribution in [3.05, 3.63) is 60.0 Å². The van der Waals surface area contributed by atoms with Gasteiger partial charge in [-0.2, -0.15) is 9.40 Å². The number of pyridine rings is 1. The van der Waals surface area contributed by atoms with Gasteiger partial charge in [-0.1, -0.05) is 24.3 Å². The van der Waals surface area contributed by atoms with Crippen molar-refractivity contribution in [2.45, 2.75) is 25.3 Å². The van der Waals surface area contributed by atoms with E-state index in [2.05, 4.69) is 10.1 Å². The minimum absolute atomic E-state index is 0.0672. The number of sulfonamides is 1. The maximum Gasteiger partial charge on any atom is 0.218 e. The van der Waals surface area contributed by atoms with Crippen LogP contribution in [0.2, 0.25) is 0 Å². The Balaban J connectivity index is 1.56. The average Bonchev–Trinajstić information content (AvgIpc) is 3.18. The van der Waals surface area contributed by atoms with E-state index in [4.69, 9.17) is 4.74 Å². The fourth-order valence-electron chi connectivity index (χ4n) is 3.37. The number of fused-ring (bicyclic) bond motifs is 1. The van der Waals surface area contributed by atoms with Crippen LogP contribution in [0.3, 0.4) is 0 Å². The normalized spacial score (nSPS) is 18.8. The van der Waals surface area contributed by atoms with Crippen molar-refractivity contribution in [3.8, 4) is 0 Å². The van der Waals surface area contributed by atoms with Crippen molar-refractivity contribution < 1.29 is 13.2 Å². The van der Waals surface area contributed by atoms with Gasteiger partial charge in [0.05, 0.1) is 30.2 Å². The lowest BCUT2D eigenvalue weighted by Crippen LogP contribution is -2.42. The third kappa shape index (κ3) is 3.73. The summed E-state index contributed by atoms with van der Waals surface area (Å²) in [6.07, 6.45) is 5.06. The smallest absolute Gasteiger partial charge is 0.218 e. The molecule has 1 fully saturated rings. The van der Waals surface area contributed by atoms with Gasteiger partial charge >= 0.3 is 0 Å². The molecule has 7 nitrogen and oxygen atoms in total. The molecule has 0 amide bonds. The van der Waals surface area contributed by atoms with Crippen LogP contribution in [0.5, 0.6) is 0 Å². The van der Waals surface area contributed by atoms with E-state index in [-0.39, 0.29) is 11.9 Å². The van der Waals surface area contributed by atoms with Crippen molar-refractivity contribution in [3.63, 3.8) is 0 Å². The number of hydrogen-bond acceptors (Lipinski definition) is 5. The van der Waals surface area contributed by atoms with Gasteiger partial charge in [0.2, 0.25) is 10.0 Å². The first-order valence-electron chi connectivity index (χ1n) is 9.01. The monoisotopic (exact) mass is 386 g/mol. The summed E-state index contributed by atoms with van der Waals surface area (Å²) < 4.78 is 35.2. The number of hydrogen-bond donors (Lipinski definition) is 0. The summed E-state index contributed by atoms with van der Waals surface area (Å²) in [4.78, 5) is 4.37. The number of nitrogens with zero attached hydrogens (tertiary/aromatic N) is 4. The lowest BCUT2D eigenvalue weighted by atomic mass is 10.1. The molecule has 3 heterocycles. The number of rotatable bonds is 5. The quantitative estimate of drug-likeness (QED) is 0.673. The molecule has 1 aliphatic rings. The molecule has 1 aliphatic heterocycles. The van der Waals surface area contributed by atoms with Crippen LogP contribution in [0.25, 0.3) is 10.9 Å². The van der Waals surface area contributed by atoms with Crippen molar-refractivity contribution in [2.75, 3.05) is 19.7 Å². The molecule has 8 heteroatoms. The molecular weight excluding hydrogens is 364 g/mol. The van der Waals surface area contributed by atoms with Crippen LogP contribution in [0.4, 0.5) is 0 Å². The van der Waals surface area contributed by atoms with Crippen LogP contribution >= 0.6 is 0 Å². The SMILES string of the molecule is CCn1cc([C@H]2CN(S(=O)(=O)Cc3cccc4cccnc34)CCO2)cn1. The van der Waals surface area contributed by atoms with E-state index in [9.17, 15) is 8.42 Å². The third-order valence-electron chi connectivity index (χ3n) is 4.83. The molecule has 0 N–H and O–H groups in total. The highest BCUT2D eigenvalue weighted by Crippen LogP contribution is 2.26. The fourth-order valence-corrected chi connectivity index (χ4v) is 4.89. The molecule has 4 rings (SSSR count). The number of benzene rings is 1. The van der Waals surface area contributed by atoms with E-state index in [0.717, 1.165) is 28.6 Å². The van der Waals surface area contributed by atoms with Crippen LogP contribution in [0.1, 0.15) is 24.2 Å². The maximum atomic E-state index is 13.1. The Morgan fingerprint density at radius 1 is 1.26 bits per heavy atom. The van der Waals surface area contributed by atoms with Crippen molar-refractivity contribution in [1.82, 2.24) is 19.1 Å². The van der Waals surface area contributed by atoms with Crippen molar-refractivity contribution in [2.24, 2.45) is 0 Å². The molecule has 0 bridgehead atoms. The summed E-state index contributed by atoms with van der Waals surface area (Å²) in [6, 6.07) is 9.43. The summed E-state index contributed by atoms with van der Waals surface area (Å²) in [6.45, 7) is 3.81. The minimum Gasteiger partial charge on any atom is -0.371 e. The lowest BCUT2D eigenvalue weighted by molar-refractivity contribution is -0.00264. The summed E-state index contributed by atoms with van der Waals surface area (Å²) in [7, 11) is -3.48. The Morgan fingerprint density at radius 2 is 2.11 bits per heavy atom. The lowest BCUT2D eigenvalue weighted by Gasteiger charge is -2.31. The largest absolute Gasteiger partial charge is 0.371 e. The molecule has 1 atom stereocenters. The Labute approximate surface area is 158 Å². The van der Waals surface area contributed by atoms with Gasteiger partial charge in [-0.15, -0.1) is 0 Å². The average molecular weight is 386 g/mol. The van der Waals surface area contributed by atoms with E-state index in [1.54, 1.807) is 12.4 Å². The first-order chi connectivity index (χ1) is 13.1. The first kappa shape index (κ1) is 18.1. The second-order valence-electron chi connectivity index (χ2n) is 6.60. The molecule has 0 spiro atoms. The van der Waals surface area contributed by atoms with Crippen LogP contribution < -0.4 is 0 Å². The van der Waals surface area contributed by atoms with Crippen LogP contribution in [0.15, 0.2) is 48.9 Å². The molecule has 1 aromatic carbocycles. The zero-order valence-electron chi connectivity index (χ0n) is 15.2. The summed E-state index contributed by atoms with van der Waals surface area (Å²) in [5, 5.41) is 5.20. The van der Waals surface area contributed by atoms with E-state index < -0.39 is 10.0 Å². The zero-order valence-corrected chi connectivity index (χ0v) is 16.0. The van der Waals surface area contributed by atoms with Crippen LogP contribution in [0, 0.1) is 0 Å². The Morgan fingerprint density at radius 3 is 2.93 bits per heavy atom. The second kappa shape index (κ2) is 7.38. The van der Waals surface area contributed by atoms with E-state index in [1.807, 2.05) is 48.1 Å². The van der Waals surface area contributed by atoms with Gasteiger partial charge in [0, 0.05) is 43.0 Å². The summed E-state index contributed by atoms with van der Waals surface area (Å²) >= 11 is 0. The van der Waals surface area contributed by atoms with Gasteiger partial charge in [0.25, 0.3) is 0 Å². The second-order valence-corrected chi connectivity index (χ2v) is 8.56. The molecule has 0 radical (unpaired) electrons. The fraction of sp³-hybridized carbons (Fsp3) is 0.368. The van der Waals surface area contributed by atoms with Crippen LogP contribution in [-0.4, -0.2) is 47.2 Å². The molecule has 27 heavy (non-hydrogen) atoms. The minimum atomic E-state index is -3.48. The highest BCUT2D eigenvalue weighted by atomic mass is 32.2. The number of aromatic nitrogens is 3. The predicted molar refractivity (Wildman–Crippen MR) is 103 cm³/mol. The van der Waals surface area contributed by atoms with Crippen LogP contribution in [-0.2, 0) is 27.1 Å². The molecule has 2 aromatic heterocycles. The van der Waals surface area contributed by atoms with E-state index in [1.165, 1.54) is 4.31 Å². The van der Waals surface area contributed by atoms with Crippen molar-refractivity contribution >= 4 is 20.9 Å². The molecule has 0 aliphatic carbocycles. The van der Waals surface area contributed by atoms with Gasteiger partial charge < -0.3 is 4.74 Å². The zero-order chi connectivity index (χ0) is 18.9. The van der Waals surface area contributed by atoms with Gasteiger partial charge in [-0.05, 0) is 18.6 Å². The highest BCUT2D eigenvalue weighted by Gasteiger charge is 2.31. The molecular formula is C19H22N4O3S. The van der Waals surface area contributed by atoms with Crippen molar-refractivity contribution in [1.29, 1.82) is 0 Å². The molecule has 3 aromatic rings. The van der Waals surface area contributed by atoms with E-state index >= 15 is 0 Å². The standard InChI is InChI=1S/C19H22N4O3S/c1-2-22-12-17(11-21-22)18-13-23(9-10-26-18)27(24,25)14-16-6-3-5-15-7-4-8-20-19(15)16/h3-8,11-12,18H,2,9-10,13-14H2,1H3/t18-/m1/s1. The van der Waals surface area contributed by atoms with Gasteiger partial charge in [-0.3, -0.25) is 9.67 Å². The number of ether oxygens (including phenoxy) is 1. The van der Waals surface area contributed by atoms with Gasteiger partial charge in [0.1, 0.15) is 0 Å². The number of morpholine rings is 1. The van der Waals surface area contributed by atoms with E-state index in [0.29, 0.717) is 19.7 Å². The molecule has 142 valence electrons. The first-order valence-corrected chi connectivity index (χ1v) is 10.6. The highest BCUT2D eigenvalue weighted by molar-refractivity contribution is 7.88. The molecule has 1 saturated heterocycles. The molecule has 0 saturated carbocycles. The van der Waals surface area contributed by atoms with Gasteiger partial charge in [-0.25, -0.2) is 8.42 Å².